The number of carbonyl (C=O) groups is 2. The lowest BCUT2D eigenvalue weighted by molar-refractivity contribution is -0.143. The summed E-state index contributed by atoms with van der Waals surface area (Å²) in [5.41, 5.74) is 0.986. The number of carbonyl (C=O) groups excluding carboxylic acids is 1. The predicted octanol–water partition coefficient (Wildman–Crippen LogP) is 2.15. The number of alkyl halides is 3. The number of hydrogen-bond acceptors (Lipinski definition) is 3. The maximum Gasteiger partial charge on any atom is 0.408 e. The van der Waals surface area contributed by atoms with Crippen molar-refractivity contribution in [2.75, 3.05) is 0 Å². The number of halogens is 3. The van der Waals surface area contributed by atoms with Crippen LogP contribution in [0.25, 0.3) is 0 Å². The Morgan fingerprint density at radius 3 is 2.42 bits per heavy atom. The van der Waals surface area contributed by atoms with Crippen molar-refractivity contribution < 1.29 is 27.9 Å². The molecule has 1 amide bonds. The van der Waals surface area contributed by atoms with Crippen LogP contribution in [0.1, 0.15) is 42.6 Å². The van der Waals surface area contributed by atoms with Crippen molar-refractivity contribution in [3.05, 3.63) is 17.0 Å². The van der Waals surface area contributed by atoms with Crippen LogP contribution in [0, 0.1) is 19.8 Å². The molecule has 1 aromatic rings. The van der Waals surface area contributed by atoms with Gasteiger partial charge in [-0.15, -0.1) is 0 Å². The van der Waals surface area contributed by atoms with E-state index in [9.17, 15) is 22.8 Å². The van der Waals surface area contributed by atoms with E-state index in [0.29, 0.717) is 11.3 Å². The van der Waals surface area contributed by atoms with E-state index in [1.807, 2.05) is 0 Å². The molecule has 1 aromatic heterocycles. The van der Waals surface area contributed by atoms with Gasteiger partial charge in [0.1, 0.15) is 12.6 Å². The molecule has 2 unspecified atom stereocenters. The monoisotopic (exact) mass is 347 g/mol. The van der Waals surface area contributed by atoms with E-state index in [2.05, 4.69) is 10.4 Å². The normalized spacial score (nSPS) is 17.4. The maximum atomic E-state index is 12.6. The third-order valence-electron chi connectivity index (χ3n) is 4.25. The summed E-state index contributed by atoms with van der Waals surface area (Å²) >= 11 is 0. The lowest BCUT2D eigenvalue weighted by atomic mass is 9.97. The Kier molecular flexibility index (Phi) is 4.91. The summed E-state index contributed by atoms with van der Waals surface area (Å²) in [5.74, 6) is -2.48. The van der Waals surface area contributed by atoms with Crippen LogP contribution < -0.4 is 5.32 Å². The molecule has 1 fully saturated rings. The molecule has 1 saturated carbocycles. The molecule has 6 nitrogen and oxygen atoms in total. The second kappa shape index (κ2) is 6.45. The van der Waals surface area contributed by atoms with Crippen molar-refractivity contribution in [3.8, 4) is 0 Å². The molecule has 2 N–H and O–H groups in total. The van der Waals surface area contributed by atoms with Gasteiger partial charge in [-0.3, -0.25) is 9.48 Å². The van der Waals surface area contributed by atoms with Gasteiger partial charge in [0.05, 0.1) is 11.6 Å². The van der Waals surface area contributed by atoms with Crippen LogP contribution in [-0.4, -0.2) is 39.0 Å². The average molecular weight is 347 g/mol. The molecular formula is C15H20F3N3O3. The Bertz CT molecular complexity index is 650. The first-order valence-corrected chi connectivity index (χ1v) is 7.65. The van der Waals surface area contributed by atoms with E-state index in [1.54, 1.807) is 0 Å². The molecule has 0 aromatic carbocycles. The van der Waals surface area contributed by atoms with Crippen molar-refractivity contribution in [2.24, 2.45) is 5.92 Å². The molecule has 2 rings (SSSR count). The van der Waals surface area contributed by atoms with Crippen molar-refractivity contribution in [2.45, 2.75) is 58.3 Å². The average Bonchev–Trinajstić information content (AvgIpc) is 3.22. The third kappa shape index (κ3) is 4.07. The second-order valence-electron chi connectivity index (χ2n) is 6.24. The molecule has 1 aliphatic rings. The number of amides is 1. The standard InChI is InChI=1S/C15H20F3N3O3/c1-7(13(22)19-12(14(23)24)10-4-5-10)11-8(2)20-21(9(11)3)6-15(16,17)18/h7,10,12H,4-6H2,1-3H3,(H,19,22)(H,23,24). The minimum absolute atomic E-state index is 0.0752. The summed E-state index contributed by atoms with van der Waals surface area (Å²) in [7, 11) is 0. The number of carboxylic acid groups (broad SMARTS) is 1. The van der Waals surface area contributed by atoms with Crippen molar-refractivity contribution in [1.82, 2.24) is 15.1 Å². The maximum absolute atomic E-state index is 12.6. The third-order valence-corrected chi connectivity index (χ3v) is 4.25. The Hall–Kier alpha value is -2.06. The molecular weight excluding hydrogens is 327 g/mol. The van der Waals surface area contributed by atoms with Crippen LogP contribution in [0.4, 0.5) is 13.2 Å². The van der Waals surface area contributed by atoms with Gasteiger partial charge in [-0.2, -0.15) is 18.3 Å². The first-order chi connectivity index (χ1) is 11.0. The number of rotatable bonds is 6. The number of hydrogen-bond donors (Lipinski definition) is 2. The van der Waals surface area contributed by atoms with Gasteiger partial charge in [0.2, 0.25) is 5.91 Å². The van der Waals surface area contributed by atoms with Crippen molar-refractivity contribution in [3.63, 3.8) is 0 Å². The van der Waals surface area contributed by atoms with Crippen molar-refractivity contribution >= 4 is 11.9 Å². The Labute approximate surface area is 137 Å². The smallest absolute Gasteiger partial charge is 0.408 e. The largest absolute Gasteiger partial charge is 0.480 e. The molecule has 24 heavy (non-hydrogen) atoms. The number of nitrogens with zero attached hydrogens (tertiary/aromatic N) is 2. The van der Waals surface area contributed by atoms with E-state index < -0.39 is 36.6 Å². The van der Waals surface area contributed by atoms with Gasteiger partial charge in [0, 0.05) is 11.3 Å². The summed E-state index contributed by atoms with van der Waals surface area (Å²) in [5, 5.41) is 15.5. The molecule has 1 heterocycles. The number of nitrogens with one attached hydrogen (secondary N) is 1. The Morgan fingerprint density at radius 2 is 1.96 bits per heavy atom. The van der Waals surface area contributed by atoms with Crippen LogP contribution in [0.2, 0.25) is 0 Å². The van der Waals surface area contributed by atoms with Crippen molar-refractivity contribution in [1.29, 1.82) is 0 Å². The molecule has 2 atom stereocenters. The van der Waals surface area contributed by atoms with Crippen LogP contribution in [-0.2, 0) is 16.1 Å². The lowest BCUT2D eigenvalue weighted by Gasteiger charge is -2.18. The number of aliphatic carboxylic acids is 1. The zero-order chi connectivity index (χ0) is 18.2. The van der Waals surface area contributed by atoms with E-state index >= 15 is 0 Å². The molecule has 9 heteroatoms. The van der Waals surface area contributed by atoms with Gasteiger partial charge in [-0.1, -0.05) is 0 Å². The minimum atomic E-state index is -4.41. The molecule has 134 valence electrons. The van der Waals surface area contributed by atoms with Gasteiger partial charge in [0.25, 0.3) is 0 Å². The predicted molar refractivity (Wildman–Crippen MR) is 78.5 cm³/mol. The minimum Gasteiger partial charge on any atom is -0.480 e. The molecule has 0 bridgehead atoms. The first kappa shape index (κ1) is 18.3. The molecule has 0 saturated heterocycles. The lowest BCUT2D eigenvalue weighted by Crippen LogP contribution is -2.44. The van der Waals surface area contributed by atoms with E-state index in [-0.39, 0.29) is 11.6 Å². The van der Waals surface area contributed by atoms with Gasteiger partial charge >= 0.3 is 12.1 Å². The molecule has 0 spiro atoms. The molecule has 0 radical (unpaired) electrons. The highest BCUT2D eigenvalue weighted by Gasteiger charge is 2.38. The number of aryl methyl sites for hydroxylation is 1. The Balaban J connectivity index is 2.18. The van der Waals surface area contributed by atoms with Gasteiger partial charge in [-0.05, 0) is 39.5 Å². The van der Waals surface area contributed by atoms with Crippen LogP contribution in [0.3, 0.4) is 0 Å². The summed E-state index contributed by atoms with van der Waals surface area (Å²) in [6.07, 6.45) is -2.92. The molecule has 0 aliphatic heterocycles. The fourth-order valence-corrected chi connectivity index (χ4v) is 2.88. The highest BCUT2D eigenvalue weighted by molar-refractivity contribution is 5.88. The first-order valence-electron chi connectivity index (χ1n) is 7.65. The van der Waals surface area contributed by atoms with Gasteiger partial charge in [-0.25, -0.2) is 4.79 Å². The molecule has 1 aliphatic carbocycles. The number of aromatic nitrogens is 2. The Morgan fingerprint density at radius 1 is 1.38 bits per heavy atom. The van der Waals surface area contributed by atoms with Gasteiger partial charge < -0.3 is 10.4 Å². The fourth-order valence-electron chi connectivity index (χ4n) is 2.88. The van der Waals surface area contributed by atoms with Crippen LogP contribution in [0.15, 0.2) is 0 Å². The SMILES string of the molecule is Cc1nn(CC(F)(F)F)c(C)c1C(C)C(=O)NC(C(=O)O)C1CC1. The highest BCUT2D eigenvalue weighted by atomic mass is 19.4. The quantitative estimate of drug-likeness (QED) is 0.826. The zero-order valence-electron chi connectivity index (χ0n) is 13.6. The van der Waals surface area contributed by atoms with E-state index in [4.69, 9.17) is 5.11 Å². The summed E-state index contributed by atoms with van der Waals surface area (Å²) in [6.45, 7) is 3.32. The topological polar surface area (TPSA) is 84.2 Å². The highest BCUT2D eigenvalue weighted by Crippen LogP contribution is 2.33. The fraction of sp³-hybridized carbons (Fsp3) is 0.667. The summed E-state index contributed by atoms with van der Waals surface area (Å²) in [4.78, 5) is 23.6. The van der Waals surface area contributed by atoms with E-state index in [0.717, 1.165) is 17.5 Å². The summed E-state index contributed by atoms with van der Waals surface area (Å²) in [6, 6.07) is -0.953. The van der Waals surface area contributed by atoms with Crippen LogP contribution in [0.5, 0.6) is 0 Å². The number of carboxylic acids is 1. The zero-order valence-corrected chi connectivity index (χ0v) is 13.6. The van der Waals surface area contributed by atoms with Crippen LogP contribution >= 0.6 is 0 Å². The van der Waals surface area contributed by atoms with E-state index in [1.165, 1.54) is 20.8 Å². The van der Waals surface area contributed by atoms with Gasteiger partial charge in [0.15, 0.2) is 0 Å². The second-order valence-corrected chi connectivity index (χ2v) is 6.24. The summed E-state index contributed by atoms with van der Waals surface area (Å²) < 4.78 is 38.5.